The third kappa shape index (κ3) is 2.76. The Morgan fingerprint density at radius 1 is 1.53 bits per heavy atom. The van der Waals surface area contributed by atoms with Crippen molar-refractivity contribution >= 4 is 5.97 Å². The first kappa shape index (κ1) is 11.7. The fourth-order valence-corrected chi connectivity index (χ4v) is 1.26. The van der Waals surface area contributed by atoms with Gasteiger partial charge in [-0.1, -0.05) is 12.1 Å². The van der Waals surface area contributed by atoms with Crippen LogP contribution in [0.4, 0.5) is 4.39 Å². The van der Waals surface area contributed by atoms with Crippen molar-refractivity contribution in [3.05, 3.63) is 35.4 Å². The van der Waals surface area contributed by atoms with Gasteiger partial charge < -0.3 is 10.8 Å². The summed E-state index contributed by atoms with van der Waals surface area (Å²) in [5.41, 5.74) is 4.96. The van der Waals surface area contributed by atoms with Crippen molar-refractivity contribution in [2.75, 3.05) is 0 Å². The van der Waals surface area contributed by atoms with E-state index in [1.165, 1.54) is 24.3 Å². The third-order valence-electron chi connectivity index (χ3n) is 2.08. The van der Waals surface area contributed by atoms with Gasteiger partial charge in [0.05, 0.1) is 5.56 Å². The number of benzene rings is 1. The van der Waals surface area contributed by atoms with E-state index >= 15 is 0 Å². The molecule has 0 fully saturated rings. The van der Waals surface area contributed by atoms with Gasteiger partial charge in [-0.25, -0.2) is 9.18 Å². The van der Waals surface area contributed by atoms with Crippen LogP contribution >= 0.6 is 0 Å². The van der Waals surface area contributed by atoms with Gasteiger partial charge in [0.25, 0.3) is 0 Å². The molecule has 0 amide bonds. The Hall–Kier alpha value is -1.42. The second kappa shape index (κ2) is 3.98. The Balaban J connectivity index is 3.06. The molecule has 0 aliphatic rings. The number of nitrogens with two attached hydrogens (primary N) is 1. The molecule has 0 aliphatic heterocycles. The average molecular weight is 211 g/mol. The first-order valence-electron chi connectivity index (χ1n) is 4.58. The third-order valence-corrected chi connectivity index (χ3v) is 2.08. The summed E-state index contributed by atoms with van der Waals surface area (Å²) in [5, 5.41) is 8.74. The molecular formula is C11H14FNO2. The summed E-state index contributed by atoms with van der Waals surface area (Å²) < 4.78 is 13.8. The van der Waals surface area contributed by atoms with Crippen LogP contribution in [-0.4, -0.2) is 16.6 Å². The van der Waals surface area contributed by atoms with Gasteiger partial charge in [0.1, 0.15) is 6.17 Å². The van der Waals surface area contributed by atoms with E-state index in [-0.39, 0.29) is 5.56 Å². The Kier molecular flexibility index (Phi) is 3.09. The number of halogens is 1. The molecular weight excluding hydrogens is 197 g/mol. The second-order valence-electron chi connectivity index (χ2n) is 4.11. The van der Waals surface area contributed by atoms with Crippen molar-refractivity contribution in [3.63, 3.8) is 0 Å². The van der Waals surface area contributed by atoms with Gasteiger partial charge in [0, 0.05) is 5.54 Å². The minimum atomic E-state index is -1.38. The van der Waals surface area contributed by atoms with Crippen LogP contribution in [0.5, 0.6) is 0 Å². The predicted octanol–water partition coefficient (Wildman–Crippen LogP) is 2.13. The van der Waals surface area contributed by atoms with Crippen LogP contribution in [0.1, 0.15) is 35.9 Å². The van der Waals surface area contributed by atoms with Gasteiger partial charge in [0.2, 0.25) is 0 Å². The largest absolute Gasteiger partial charge is 0.478 e. The van der Waals surface area contributed by atoms with Crippen molar-refractivity contribution in [3.8, 4) is 0 Å². The van der Waals surface area contributed by atoms with Crippen molar-refractivity contribution in [1.82, 2.24) is 0 Å². The quantitative estimate of drug-likeness (QED) is 0.805. The number of carboxylic acid groups (broad SMARTS) is 1. The maximum atomic E-state index is 13.8. The summed E-state index contributed by atoms with van der Waals surface area (Å²) in [6.07, 6.45) is -1.38. The van der Waals surface area contributed by atoms with Gasteiger partial charge >= 0.3 is 5.97 Å². The molecule has 3 N–H and O–H groups in total. The molecule has 15 heavy (non-hydrogen) atoms. The zero-order valence-corrected chi connectivity index (χ0v) is 8.70. The van der Waals surface area contributed by atoms with Crippen molar-refractivity contribution in [2.24, 2.45) is 5.73 Å². The zero-order chi connectivity index (χ0) is 11.6. The highest BCUT2D eigenvalue weighted by Crippen LogP contribution is 2.27. The number of rotatable bonds is 3. The molecule has 1 rings (SSSR count). The monoisotopic (exact) mass is 211 g/mol. The number of hydrogen-bond acceptors (Lipinski definition) is 2. The van der Waals surface area contributed by atoms with Gasteiger partial charge in [-0.3, -0.25) is 0 Å². The highest BCUT2D eigenvalue weighted by atomic mass is 19.1. The van der Waals surface area contributed by atoms with Crippen LogP contribution in [0.25, 0.3) is 0 Å². The molecule has 4 heteroatoms. The molecule has 0 heterocycles. The maximum Gasteiger partial charge on any atom is 0.335 e. The Bertz CT molecular complexity index is 371. The molecule has 1 atom stereocenters. The first-order valence-corrected chi connectivity index (χ1v) is 4.58. The van der Waals surface area contributed by atoms with E-state index in [2.05, 4.69) is 0 Å². The maximum absolute atomic E-state index is 13.8. The molecule has 0 saturated heterocycles. The van der Waals surface area contributed by atoms with Crippen LogP contribution in [0.2, 0.25) is 0 Å². The van der Waals surface area contributed by atoms with Crippen LogP contribution in [0.3, 0.4) is 0 Å². The summed E-state index contributed by atoms with van der Waals surface area (Å²) in [6.45, 7) is 3.12. The van der Waals surface area contributed by atoms with E-state index in [4.69, 9.17) is 10.8 Å². The molecule has 0 saturated carbocycles. The van der Waals surface area contributed by atoms with Crippen LogP contribution in [0, 0.1) is 0 Å². The highest BCUT2D eigenvalue weighted by Gasteiger charge is 2.26. The minimum Gasteiger partial charge on any atom is -0.478 e. The molecule has 1 unspecified atom stereocenters. The van der Waals surface area contributed by atoms with Crippen LogP contribution in [0.15, 0.2) is 24.3 Å². The van der Waals surface area contributed by atoms with E-state index in [1.807, 2.05) is 0 Å². The molecule has 3 nitrogen and oxygen atoms in total. The van der Waals surface area contributed by atoms with E-state index < -0.39 is 17.7 Å². The van der Waals surface area contributed by atoms with Crippen molar-refractivity contribution in [2.45, 2.75) is 25.6 Å². The van der Waals surface area contributed by atoms with Crippen LogP contribution < -0.4 is 5.73 Å². The topological polar surface area (TPSA) is 63.3 Å². The van der Waals surface area contributed by atoms with E-state index in [9.17, 15) is 9.18 Å². The number of aromatic carboxylic acids is 1. The SMILES string of the molecule is CC(C)(N)C(F)c1cccc(C(=O)O)c1. The van der Waals surface area contributed by atoms with Crippen LogP contribution in [-0.2, 0) is 0 Å². The lowest BCUT2D eigenvalue weighted by Gasteiger charge is -2.24. The summed E-state index contributed by atoms with van der Waals surface area (Å²) in [4.78, 5) is 10.7. The normalized spacial score (nSPS) is 13.6. The molecule has 1 aromatic rings. The van der Waals surface area contributed by atoms with Crippen molar-refractivity contribution in [1.29, 1.82) is 0 Å². The van der Waals surface area contributed by atoms with Gasteiger partial charge in [0.15, 0.2) is 0 Å². The fraction of sp³-hybridized carbons (Fsp3) is 0.364. The minimum absolute atomic E-state index is 0.0689. The number of carbonyl (C=O) groups is 1. The van der Waals surface area contributed by atoms with Crippen molar-refractivity contribution < 1.29 is 14.3 Å². The fourth-order valence-electron chi connectivity index (χ4n) is 1.26. The van der Waals surface area contributed by atoms with Gasteiger partial charge in [-0.15, -0.1) is 0 Å². The summed E-state index contributed by atoms with van der Waals surface area (Å²) in [7, 11) is 0. The predicted molar refractivity (Wildman–Crippen MR) is 55.5 cm³/mol. The lowest BCUT2D eigenvalue weighted by Crippen LogP contribution is -2.37. The lowest BCUT2D eigenvalue weighted by molar-refractivity contribution is 0.0696. The summed E-state index contributed by atoms with van der Waals surface area (Å²) in [5.74, 6) is -1.07. The van der Waals surface area contributed by atoms with Gasteiger partial charge in [-0.2, -0.15) is 0 Å². The summed E-state index contributed by atoms with van der Waals surface area (Å²) >= 11 is 0. The zero-order valence-electron chi connectivity index (χ0n) is 8.70. The highest BCUT2D eigenvalue weighted by molar-refractivity contribution is 5.87. The Morgan fingerprint density at radius 2 is 2.13 bits per heavy atom. The molecule has 1 aromatic carbocycles. The first-order chi connectivity index (χ1) is 6.82. The van der Waals surface area contributed by atoms with E-state index in [0.29, 0.717) is 5.56 Å². The number of hydrogen-bond donors (Lipinski definition) is 2. The smallest absolute Gasteiger partial charge is 0.335 e. The van der Waals surface area contributed by atoms with E-state index in [0.717, 1.165) is 0 Å². The summed E-state index contributed by atoms with van der Waals surface area (Å²) in [6, 6.07) is 5.77. The second-order valence-corrected chi connectivity index (χ2v) is 4.11. The Morgan fingerprint density at radius 3 is 2.60 bits per heavy atom. The van der Waals surface area contributed by atoms with E-state index in [1.54, 1.807) is 13.8 Å². The molecule has 0 spiro atoms. The number of carboxylic acids is 1. The lowest BCUT2D eigenvalue weighted by atomic mass is 9.93. The molecule has 0 radical (unpaired) electrons. The standard InChI is InChI=1S/C11H14FNO2/c1-11(2,13)9(12)7-4-3-5-8(6-7)10(14)15/h3-6,9H,13H2,1-2H3,(H,14,15). The number of alkyl halides is 1. The molecule has 0 aliphatic carbocycles. The molecule has 0 bridgehead atoms. The molecule has 0 aromatic heterocycles. The average Bonchev–Trinajstić information content (AvgIpc) is 2.15. The van der Waals surface area contributed by atoms with Gasteiger partial charge in [-0.05, 0) is 31.5 Å². The Labute approximate surface area is 87.7 Å². The molecule has 82 valence electrons.